The Kier molecular flexibility index (Phi) is 2.03. The van der Waals surface area contributed by atoms with Crippen LogP contribution in [0, 0.1) is 6.92 Å². The van der Waals surface area contributed by atoms with Gasteiger partial charge >= 0.3 is 0 Å². The van der Waals surface area contributed by atoms with Gasteiger partial charge in [0.25, 0.3) is 5.89 Å². The van der Waals surface area contributed by atoms with Crippen LogP contribution in [0.2, 0.25) is 0 Å². The standard InChI is InChI=1S/C8H11N5O/c1-5(2)13-7(9-4-10-13)8-11-6(3)12-14-8/h4-5H,1-3H3. The van der Waals surface area contributed by atoms with Gasteiger partial charge in [0.2, 0.25) is 5.82 Å². The Morgan fingerprint density at radius 3 is 2.79 bits per heavy atom. The zero-order valence-electron chi connectivity index (χ0n) is 8.30. The van der Waals surface area contributed by atoms with Gasteiger partial charge in [0.15, 0.2) is 5.82 Å². The van der Waals surface area contributed by atoms with Gasteiger partial charge < -0.3 is 4.52 Å². The minimum absolute atomic E-state index is 0.222. The molecule has 0 unspecified atom stereocenters. The molecule has 14 heavy (non-hydrogen) atoms. The van der Waals surface area contributed by atoms with Crippen molar-refractivity contribution < 1.29 is 4.52 Å². The summed E-state index contributed by atoms with van der Waals surface area (Å²) in [6.07, 6.45) is 1.48. The van der Waals surface area contributed by atoms with Gasteiger partial charge in [-0.05, 0) is 20.8 Å². The summed E-state index contributed by atoms with van der Waals surface area (Å²) in [4.78, 5) is 8.17. The molecule has 0 aliphatic heterocycles. The topological polar surface area (TPSA) is 69.6 Å². The van der Waals surface area contributed by atoms with Crippen LogP contribution >= 0.6 is 0 Å². The molecule has 74 valence electrons. The molecule has 2 rings (SSSR count). The van der Waals surface area contributed by atoms with Gasteiger partial charge in [-0.25, -0.2) is 9.67 Å². The van der Waals surface area contributed by atoms with Gasteiger partial charge in [0.05, 0.1) is 0 Å². The molecular formula is C8H11N5O. The van der Waals surface area contributed by atoms with E-state index in [0.29, 0.717) is 17.5 Å². The molecule has 2 aromatic heterocycles. The SMILES string of the molecule is Cc1noc(-c2ncnn2C(C)C)n1. The molecule has 0 bridgehead atoms. The molecule has 0 atom stereocenters. The van der Waals surface area contributed by atoms with Crippen LogP contribution in [0.3, 0.4) is 0 Å². The lowest BCUT2D eigenvalue weighted by molar-refractivity contribution is 0.415. The van der Waals surface area contributed by atoms with Crippen LogP contribution in [-0.2, 0) is 0 Å². The summed E-state index contributed by atoms with van der Waals surface area (Å²) in [6, 6.07) is 0.222. The summed E-state index contributed by atoms with van der Waals surface area (Å²) in [6.45, 7) is 5.80. The van der Waals surface area contributed by atoms with E-state index < -0.39 is 0 Å². The van der Waals surface area contributed by atoms with Crippen LogP contribution in [0.4, 0.5) is 0 Å². The maximum Gasteiger partial charge on any atom is 0.295 e. The van der Waals surface area contributed by atoms with Gasteiger partial charge in [0.1, 0.15) is 6.33 Å². The Morgan fingerprint density at radius 2 is 2.21 bits per heavy atom. The summed E-state index contributed by atoms with van der Waals surface area (Å²) in [5, 5.41) is 7.78. The predicted molar refractivity (Wildman–Crippen MR) is 48.4 cm³/mol. The third-order valence-corrected chi connectivity index (χ3v) is 1.78. The van der Waals surface area contributed by atoms with Crippen LogP contribution in [0.1, 0.15) is 25.7 Å². The fraction of sp³-hybridized carbons (Fsp3) is 0.500. The quantitative estimate of drug-likeness (QED) is 0.717. The Hall–Kier alpha value is -1.72. The lowest BCUT2D eigenvalue weighted by atomic mass is 10.4. The van der Waals surface area contributed by atoms with Crippen LogP contribution in [0.15, 0.2) is 10.9 Å². The molecule has 2 aromatic rings. The normalized spacial score (nSPS) is 11.1. The van der Waals surface area contributed by atoms with E-state index >= 15 is 0 Å². The van der Waals surface area contributed by atoms with Crippen LogP contribution in [-0.4, -0.2) is 24.9 Å². The zero-order chi connectivity index (χ0) is 10.1. The third-order valence-electron chi connectivity index (χ3n) is 1.78. The van der Waals surface area contributed by atoms with Crippen molar-refractivity contribution in [1.29, 1.82) is 0 Å². The van der Waals surface area contributed by atoms with Crippen LogP contribution in [0.5, 0.6) is 0 Å². The number of hydrogen-bond donors (Lipinski definition) is 0. The summed E-state index contributed by atoms with van der Waals surface area (Å²) in [7, 11) is 0. The number of hydrogen-bond acceptors (Lipinski definition) is 5. The average molecular weight is 193 g/mol. The average Bonchev–Trinajstić information content (AvgIpc) is 2.70. The van der Waals surface area contributed by atoms with Gasteiger partial charge in [-0.15, -0.1) is 0 Å². The highest BCUT2D eigenvalue weighted by molar-refractivity contribution is 5.39. The van der Waals surface area contributed by atoms with Crippen LogP contribution < -0.4 is 0 Å². The van der Waals surface area contributed by atoms with Crippen LogP contribution in [0.25, 0.3) is 11.7 Å². The second-order valence-corrected chi connectivity index (χ2v) is 3.27. The highest BCUT2D eigenvalue weighted by Crippen LogP contribution is 2.16. The maximum atomic E-state index is 5.02. The van der Waals surface area contributed by atoms with Crippen molar-refractivity contribution >= 4 is 0 Å². The summed E-state index contributed by atoms with van der Waals surface area (Å²) in [5.74, 6) is 1.62. The molecule has 0 saturated heterocycles. The molecule has 2 heterocycles. The first kappa shape index (κ1) is 8.86. The summed E-state index contributed by atoms with van der Waals surface area (Å²) >= 11 is 0. The van der Waals surface area contributed by atoms with Gasteiger partial charge in [-0.2, -0.15) is 10.1 Å². The molecule has 0 aliphatic carbocycles. The molecule has 0 N–H and O–H groups in total. The predicted octanol–water partition coefficient (Wildman–Crippen LogP) is 1.22. The molecule has 0 aromatic carbocycles. The van der Waals surface area contributed by atoms with E-state index in [9.17, 15) is 0 Å². The largest absolute Gasteiger partial charge is 0.330 e. The molecule has 0 spiro atoms. The zero-order valence-corrected chi connectivity index (χ0v) is 8.30. The number of aromatic nitrogens is 5. The highest BCUT2D eigenvalue weighted by Gasteiger charge is 2.15. The molecular weight excluding hydrogens is 182 g/mol. The van der Waals surface area contributed by atoms with E-state index in [0.717, 1.165) is 0 Å². The number of aryl methyl sites for hydroxylation is 1. The Labute approximate surface area is 81.0 Å². The number of nitrogens with zero attached hydrogens (tertiary/aromatic N) is 5. The monoisotopic (exact) mass is 193 g/mol. The van der Waals surface area contributed by atoms with Gasteiger partial charge in [-0.3, -0.25) is 0 Å². The highest BCUT2D eigenvalue weighted by atomic mass is 16.5. The fourth-order valence-electron chi connectivity index (χ4n) is 1.17. The molecule has 0 fully saturated rings. The molecule has 0 aliphatic rings. The van der Waals surface area contributed by atoms with Crippen molar-refractivity contribution in [3.63, 3.8) is 0 Å². The van der Waals surface area contributed by atoms with Crippen molar-refractivity contribution in [2.75, 3.05) is 0 Å². The van der Waals surface area contributed by atoms with E-state index in [1.54, 1.807) is 11.6 Å². The van der Waals surface area contributed by atoms with Crippen molar-refractivity contribution in [2.24, 2.45) is 0 Å². The van der Waals surface area contributed by atoms with E-state index in [1.807, 2.05) is 13.8 Å². The van der Waals surface area contributed by atoms with E-state index in [-0.39, 0.29) is 6.04 Å². The lowest BCUT2D eigenvalue weighted by Crippen LogP contribution is -2.05. The van der Waals surface area contributed by atoms with E-state index in [2.05, 4.69) is 20.2 Å². The molecule has 0 amide bonds. The van der Waals surface area contributed by atoms with Crippen molar-refractivity contribution in [3.05, 3.63) is 12.2 Å². The first-order chi connectivity index (χ1) is 6.68. The van der Waals surface area contributed by atoms with Gasteiger partial charge in [0, 0.05) is 6.04 Å². The van der Waals surface area contributed by atoms with E-state index in [4.69, 9.17) is 4.52 Å². The van der Waals surface area contributed by atoms with Crippen molar-refractivity contribution in [3.8, 4) is 11.7 Å². The molecule has 0 radical (unpaired) electrons. The maximum absolute atomic E-state index is 5.02. The lowest BCUT2D eigenvalue weighted by Gasteiger charge is -2.05. The number of rotatable bonds is 2. The van der Waals surface area contributed by atoms with E-state index in [1.165, 1.54) is 6.33 Å². The van der Waals surface area contributed by atoms with Crippen molar-refractivity contribution in [2.45, 2.75) is 26.8 Å². The Balaban J connectivity index is 2.46. The smallest absolute Gasteiger partial charge is 0.295 e. The third kappa shape index (κ3) is 1.39. The summed E-state index contributed by atoms with van der Waals surface area (Å²) in [5.41, 5.74) is 0. The van der Waals surface area contributed by atoms with Gasteiger partial charge in [-0.1, -0.05) is 5.16 Å². The first-order valence-corrected chi connectivity index (χ1v) is 4.38. The summed E-state index contributed by atoms with van der Waals surface area (Å²) < 4.78 is 6.76. The molecule has 6 heteroatoms. The second-order valence-electron chi connectivity index (χ2n) is 3.27. The minimum atomic E-state index is 0.222. The van der Waals surface area contributed by atoms with Crippen molar-refractivity contribution in [1.82, 2.24) is 24.9 Å². The fourth-order valence-corrected chi connectivity index (χ4v) is 1.17. The minimum Gasteiger partial charge on any atom is -0.330 e. The second kappa shape index (κ2) is 3.21. The molecule has 0 saturated carbocycles. The Morgan fingerprint density at radius 1 is 1.43 bits per heavy atom. The first-order valence-electron chi connectivity index (χ1n) is 4.38. The molecule has 6 nitrogen and oxygen atoms in total. The Bertz CT molecular complexity index is 430.